The second-order valence-electron chi connectivity index (χ2n) is 7.89. The third-order valence-corrected chi connectivity index (χ3v) is 5.73. The molecule has 1 aliphatic heterocycles. The van der Waals surface area contributed by atoms with E-state index in [2.05, 4.69) is 60.5 Å². The molecule has 2 amide bonds. The molecule has 1 N–H and O–H groups in total. The number of para-hydroxylation sites is 1. The number of urea groups is 1. The lowest BCUT2D eigenvalue weighted by molar-refractivity contribution is 0.195. The third kappa shape index (κ3) is 3.86. The van der Waals surface area contributed by atoms with Crippen molar-refractivity contribution in [1.82, 2.24) is 9.88 Å². The SMILES string of the molecule is CC(C)c1ccc(NC(=O)N2CCC(c3ccnc4ccccc34)CC2)cc1. The van der Waals surface area contributed by atoms with Gasteiger partial charge in [-0.15, -0.1) is 0 Å². The quantitative estimate of drug-likeness (QED) is 0.633. The van der Waals surface area contributed by atoms with E-state index in [9.17, 15) is 4.79 Å². The van der Waals surface area contributed by atoms with Crippen LogP contribution in [0.3, 0.4) is 0 Å². The second-order valence-corrected chi connectivity index (χ2v) is 7.89. The summed E-state index contributed by atoms with van der Waals surface area (Å²) in [6, 6.07) is 18.6. The number of pyridine rings is 1. The fourth-order valence-electron chi connectivity index (χ4n) is 4.02. The van der Waals surface area contributed by atoms with Gasteiger partial charge in [-0.1, -0.05) is 44.2 Å². The summed E-state index contributed by atoms with van der Waals surface area (Å²) >= 11 is 0. The first-order valence-corrected chi connectivity index (χ1v) is 10.1. The highest BCUT2D eigenvalue weighted by atomic mass is 16.2. The van der Waals surface area contributed by atoms with Crippen molar-refractivity contribution in [2.24, 2.45) is 0 Å². The Morgan fingerprint density at radius 2 is 1.75 bits per heavy atom. The first-order chi connectivity index (χ1) is 13.6. The van der Waals surface area contributed by atoms with Gasteiger partial charge in [0.15, 0.2) is 0 Å². The van der Waals surface area contributed by atoms with E-state index in [0.717, 1.165) is 37.1 Å². The maximum atomic E-state index is 12.6. The van der Waals surface area contributed by atoms with Crippen molar-refractivity contribution >= 4 is 22.6 Å². The van der Waals surface area contributed by atoms with E-state index < -0.39 is 0 Å². The highest BCUT2D eigenvalue weighted by Gasteiger charge is 2.25. The van der Waals surface area contributed by atoms with Crippen LogP contribution in [-0.4, -0.2) is 29.0 Å². The number of nitrogens with one attached hydrogen (secondary N) is 1. The molecule has 0 unspecified atom stereocenters. The molecule has 1 aromatic heterocycles. The van der Waals surface area contributed by atoms with E-state index >= 15 is 0 Å². The van der Waals surface area contributed by atoms with Crippen molar-refractivity contribution in [1.29, 1.82) is 0 Å². The molecule has 0 spiro atoms. The molecule has 2 aromatic carbocycles. The van der Waals surface area contributed by atoms with Crippen molar-refractivity contribution in [3.8, 4) is 0 Å². The van der Waals surface area contributed by atoms with Crippen molar-refractivity contribution in [3.63, 3.8) is 0 Å². The number of hydrogen-bond acceptors (Lipinski definition) is 2. The highest BCUT2D eigenvalue weighted by Crippen LogP contribution is 2.32. The number of nitrogens with zero attached hydrogens (tertiary/aromatic N) is 2. The zero-order chi connectivity index (χ0) is 19.5. The van der Waals surface area contributed by atoms with Gasteiger partial charge in [0.25, 0.3) is 0 Å². The van der Waals surface area contributed by atoms with Crippen LogP contribution >= 0.6 is 0 Å². The predicted molar refractivity (Wildman–Crippen MR) is 115 cm³/mol. The second kappa shape index (κ2) is 8.01. The van der Waals surface area contributed by atoms with Crippen LogP contribution in [0.5, 0.6) is 0 Å². The summed E-state index contributed by atoms with van der Waals surface area (Å²) in [4.78, 5) is 19.0. The van der Waals surface area contributed by atoms with E-state index in [1.54, 1.807) is 0 Å². The molecular weight excluding hydrogens is 346 g/mol. The standard InChI is InChI=1S/C24H27N3O/c1-17(2)18-7-9-20(10-8-18)26-24(28)27-15-12-19(13-16-27)21-11-14-25-23-6-4-3-5-22(21)23/h3-11,14,17,19H,12-13,15-16H2,1-2H3,(H,26,28). The lowest BCUT2D eigenvalue weighted by atomic mass is 9.87. The molecule has 4 rings (SSSR count). The molecule has 144 valence electrons. The number of carbonyl (C=O) groups is 1. The minimum Gasteiger partial charge on any atom is -0.324 e. The summed E-state index contributed by atoms with van der Waals surface area (Å²) in [5, 5.41) is 4.27. The van der Waals surface area contributed by atoms with Gasteiger partial charge in [-0.05, 0) is 60.1 Å². The van der Waals surface area contributed by atoms with E-state index in [4.69, 9.17) is 0 Å². The number of rotatable bonds is 3. The van der Waals surface area contributed by atoms with E-state index in [1.807, 2.05) is 29.3 Å². The fraction of sp³-hybridized carbons (Fsp3) is 0.333. The van der Waals surface area contributed by atoms with Gasteiger partial charge in [0.2, 0.25) is 0 Å². The monoisotopic (exact) mass is 373 g/mol. The van der Waals surface area contributed by atoms with Crippen LogP contribution in [0, 0.1) is 0 Å². The molecule has 0 radical (unpaired) electrons. The molecular formula is C24H27N3O. The number of amides is 2. The van der Waals surface area contributed by atoms with Gasteiger partial charge in [-0.2, -0.15) is 0 Å². The van der Waals surface area contributed by atoms with Crippen LogP contribution in [0.4, 0.5) is 10.5 Å². The smallest absolute Gasteiger partial charge is 0.321 e. The van der Waals surface area contributed by atoms with Crippen LogP contribution in [0.15, 0.2) is 60.8 Å². The van der Waals surface area contributed by atoms with Crippen molar-refractivity contribution in [2.45, 2.75) is 38.5 Å². The zero-order valence-corrected chi connectivity index (χ0v) is 16.6. The molecule has 1 aliphatic rings. The van der Waals surface area contributed by atoms with Crippen LogP contribution in [-0.2, 0) is 0 Å². The molecule has 0 saturated carbocycles. The van der Waals surface area contributed by atoms with Crippen LogP contribution < -0.4 is 5.32 Å². The maximum Gasteiger partial charge on any atom is 0.321 e. The summed E-state index contributed by atoms with van der Waals surface area (Å²) < 4.78 is 0. The number of likely N-dealkylation sites (tertiary alicyclic amines) is 1. The predicted octanol–water partition coefficient (Wildman–Crippen LogP) is 5.77. The first kappa shape index (κ1) is 18.5. The van der Waals surface area contributed by atoms with Crippen molar-refractivity contribution in [3.05, 3.63) is 71.9 Å². The Morgan fingerprint density at radius 1 is 1.04 bits per heavy atom. The Bertz CT molecular complexity index is 952. The molecule has 0 atom stereocenters. The van der Waals surface area contributed by atoms with Gasteiger partial charge in [0.05, 0.1) is 5.52 Å². The molecule has 1 fully saturated rings. The van der Waals surface area contributed by atoms with Crippen molar-refractivity contribution in [2.75, 3.05) is 18.4 Å². The number of hydrogen-bond donors (Lipinski definition) is 1. The van der Waals surface area contributed by atoms with Gasteiger partial charge in [0.1, 0.15) is 0 Å². The molecule has 0 bridgehead atoms. The van der Waals surface area contributed by atoms with E-state index in [0.29, 0.717) is 11.8 Å². The van der Waals surface area contributed by atoms with E-state index in [-0.39, 0.29) is 6.03 Å². The summed E-state index contributed by atoms with van der Waals surface area (Å²) in [6.07, 6.45) is 3.86. The normalized spacial score (nSPS) is 15.2. The maximum absolute atomic E-state index is 12.6. The number of anilines is 1. The Labute approximate surface area is 166 Å². The number of piperidine rings is 1. The fourth-order valence-corrected chi connectivity index (χ4v) is 4.02. The average Bonchev–Trinajstić information content (AvgIpc) is 2.74. The summed E-state index contributed by atoms with van der Waals surface area (Å²) in [7, 11) is 0. The minimum absolute atomic E-state index is 0.00432. The molecule has 28 heavy (non-hydrogen) atoms. The zero-order valence-electron chi connectivity index (χ0n) is 16.6. The molecule has 4 nitrogen and oxygen atoms in total. The molecule has 1 saturated heterocycles. The largest absolute Gasteiger partial charge is 0.324 e. The highest BCUT2D eigenvalue weighted by molar-refractivity contribution is 5.89. The summed E-state index contributed by atoms with van der Waals surface area (Å²) in [5.41, 5.74) is 4.54. The molecule has 2 heterocycles. The van der Waals surface area contributed by atoms with Crippen LogP contribution in [0.2, 0.25) is 0 Å². The van der Waals surface area contributed by atoms with Gasteiger partial charge < -0.3 is 10.2 Å². The third-order valence-electron chi connectivity index (χ3n) is 5.73. The first-order valence-electron chi connectivity index (χ1n) is 10.1. The summed E-state index contributed by atoms with van der Waals surface area (Å²) in [6.45, 7) is 5.89. The molecule has 3 aromatic rings. The van der Waals surface area contributed by atoms with Crippen LogP contribution in [0.1, 0.15) is 49.7 Å². The average molecular weight is 374 g/mol. The lowest BCUT2D eigenvalue weighted by Crippen LogP contribution is -2.40. The summed E-state index contributed by atoms with van der Waals surface area (Å²) in [5.74, 6) is 0.968. The number of aromatic nitrogens is 1. The van der Waals surface area contributed by atoms with Crippen molar-refractivity contribution < 1.29 is 4.79 Å². The topological polar surface area (TPSA) is 45.2 Å². The van der Waals surface area contributed by atoms with Gasteiger partial charge in [-0.3, -0.25) is 4.98 Å². The van der Waals surface area contributed by atoms with Gasteiger partial charge in [-0.25, -0.2) is 4.79 Å². The lowest BCUT2D eigenvalue weighted by Gasteiger charge is -2.32. The number of benzene rings is 2. The Kier molecular flexibility index (Phi) is 5.29. The van der Waals surface area contributed by atoms with Gasteiger partial charge >= 0.3 is 6.03 Å². The number of carbonyl (C=O) groups excluding carboxylic acids is 1. The molecule has 4 heteroatoms. The Hall–Kier alpha value is -2.88. The molecule has 0 aliphatic carbocycles. The number of fused-ring (bicyclic) bond motifs is 1. The Balaban J connectivity index is 1.39. The Morgan fingerprint density at radius 3 is 2.46 bits per heavy atom. The minimum atomic E-state index is -0.00432. The van der Waals surface area contributed by atoms with E-state index in [1.165, 1.54) is 16.5 Å². The van der Waals surface area contributed by atoms with Crippen LogP contribution in [0.25, 0.3) is 10.9 Å². The van der Waals surface area contributed by atoms with Gasteiger partial charge in [0, 0.05) is 30.4 Å².